The van der Waals surface area contributed by atoms with Crippen LogP contribution in [0.15, 0.2) is 82.2 Å². The van der Waals surface area contributed by atoms with E-state index in [0.717, 1.165) is 20.6 Å². The summed E-state index contributed by atoms with van der Waals surface area (Å²) in [6, 6.07) is 22.1. The van der Waals surface area contributed by atoms with E-state index in [1.807, 2.05) is 60.7 Å². The van der Waals surface area contributed by atoms with Gasteiger partial charge in [0.15, 0.2) is 0 Å². The van der Waals surface area contributed by atoms with Gasteiger partial charge in [-0.3, -0.25) is 9.59 Å². The molecular weight excluding hydrogens is 472 g/mol. The van der Waals surface area contributed by atoms with Gasteiger partial charge in [-0.15, -0.1) is 11.8 Å². The van der Waals surface area contributed by atoms with Crippen molar-refractivity contribution >= 4 is 62.5 Å². The average Bonchev–Trinajstić information content (AvgIpc) is 2.70. The Hall–Kier alpha value is -2.28. The molecule has 148 valence electrons. The highest BCUT2D eigenvalue weighted by Gasteiger charge is 2.08. The van der Waals surface area contributed by atoms with Gasteiger partial charge < -0.3 is 10.6 Å². The van der Waals surface area contributed by atoms with Crippen LogP contribution in [0.4, 0.5) is 11.4 Å². The van der Waals surface area contributed by atoms with Crippen molar-refractivity contribution in [2.24, 2.45) is 0 Å². The van der Waals surface area contributed by atoms with Crippen molar-refractivity contribution < 1.29 is 9.59 Å². The van der Waals surface area contributed by atoms with Gasteiger partial charge in [-0.05, 0) is 64.0 Å². The molecule has 0 aliphatic heterocycles. The van der Waals surface area contributed by atoms with Crippen LogP contribution in [0, 0.1) is 0 Å². The zero-order valence-electron chi connectivity index (χ0n) is 15.3. The van der Waals surface area contributed by atoms with Gasteiger partial charge in [-0.1, -0.05) is 41.9 Å². The third-order valence-corrected chi connectivity index (χ3v) is 5.85. The molecule has 0 atom stereocenters. The summed E-state index contributed by atoms with van der Waals surface area (Å²) in [5.74, 6) is 0.0592. The molecule has 29 heavy (non-hydrogen) atoms. The summed E-state index contributed by atoms with van der Waals surface area (Å²) < 4.78 is 0.837. The minimum absolute atomic E-state index is 0.0981. The van der Waals surface area contributed by atoms with Crippen LogP contribution >= 0.6 is 39.3 Å². The maximum atomic E-state index is 12.3. The van der Waals surface area contributed by atoms with E-state index < -0.39 is 0 Å². The Bertz CT molecular complexity index is 1010. The lowest BCUT2D eigenvalue weighted by molar-refractivity contribution is -0.115. The highest BCUT2D eigenvalue weighted by molar-refractivity contribution is 9.10. The second-order valence-electron chi connectivity index (χ2n) is 6.20. The van der Waals surface area contributed by atoms with E-state index in [0.29, 0.717) is 10.7 Å². The summed E-state index contributed by atoms with van der Waals surface area (Å²) in [5.41, 5.74) is 2.32. The average molecular weight is 490 g/mol. The first-order chi connectivity index (χ1) is 14.0. The third kappa shape index (κ3) is 6.92. The lowest BCUT2D eigenvalue weighted by atomic mass is 10.1. The number of anilines is 2. The lowest BCUT2D eigenvalue weighted by Gasteiger charge is -2.09. The monoisotopic (exact) mass is 488 g/mol. The molecule has 0 aliphatic carbocycles. The summed E-state index contributed by atoms with van der Waals surface area (Å²) in [5, 5.41) is 6.40. The molecule has 0 heterocycles. The number of para-hydroxylation sites is 1. The number of halogens is 2. The van der Waals surface area contributed by atoms with E-state index >= 15 is 0 Å². The minimum atomic E-state index is -0.110. The Kier molecular flexibility index (Phi) is 7.75. The smallest absolute Gasteiger partial charge is 0.234 e. The molecule has 0 unspecified atom stereocenters. The van der Waals surface area contributed by atoms with Crippen molar-refractivity contribution in [3.63, 3.8) is 0 Å². The largest absolute Gasteiger partial charge is 0.326 e. The van der Waals surface area contributed by atoms with Crippen LogP contribution in [-0.4, -0.2) is 17.6 Å². The van der Waals surface area contributed by atoms with Gasteiger partial charge in [0.1, 0.15) is 0 Å². The number of benzene rings is 3. The van der Waals surface area contributed by atoms with Gasteiger partial charge >= 0.3 is 0 Å². The molecule has 2 amide bonds. The fourth-order valence-electron chi connectivity index (χ4n) is 2.55. The van der Waals surface area contributed by atoms with E-state index in [2.05, 4.69) is 26.6 Å². The predicted molar refractivity (Wildman–Crippen MR) is 124 cm³/mol. The summed E-state index contributed by atoms with van der Waals surface area (Å²) in [7, 11) is 0. The second-order valence-corrected chi connectivity index (χ2v) is 8.54. The molecule has 0 aromatic heterocycles. The standard InChI is InChI=1S/C22H18BrClN2O2S/c23-19-6-1-2-7-20(19)26-22(28)14-29-18-5-3-4-17(13-18)25-21(27)12-15-8-10-16(24)11-9-15/h1-11,13H,12,14H2,(H,25,27)(H,26,28). The molecule has 7 heteroatoms. The SMILES string of the molecule is O=C(Cc1ccc(Cl)cc1)Nc1cccc(SCC(=O)Nc2ccccc2Br)c1. The van der Waals surface area contributed by atoms with Crippen molar-refractivity contribution in [3.05, 3.63) is 87.9 Å². The Morgan fingerprint density at radius 2 is 1.66 bits per heavy atom. The Labute approximate surface area is 187 Å². The predicted octanol–water partition coefficient (Wildman–Crippen LogP) is 6.01. The summed E-state index contributed by atoms with van der Waals surface area (Å²) in [6.45, 7) is 0. The Morgan fingerprint density at radius 3 is 2.41 bits per heavy atom. The number of carbonyl (C=O) groups excluding carboxylic acids is 2. The number of hydrogen-bond donors (Lipinski definition) is 2. The van der Waals surface area contributed by atoms with Gasteiger partial charge in [0, 0.05) is 20.1 Å². The topological polar surface area (TPSA) is 58.2 Å². The number of thioether (sulfide) groups is 1. The second kappa shape index (κ2) is 10.5. The fourth-order valence-corrected chi connectivity index (χ4v) is 3.82. The van der Waals surface area contributed by atoms with Crippen molar-refractivity contribution in [1.29, 1.82) is 0 Å². The minimum Gasteiger partial charge on any atom is -0.326 e. The first kappa shape index (κ1) is 21.4. The molecule has 0 fully saturated rings. The normalized spacial score (nSPS) is 10.4. The number of amides is 2. The summed E-state index contributed by atoms with van der Waals surface area (Å²) in [4.78, 5) is 25.4. The maximum absolute atomic E-state index is 12.3. The Morgan fingerprint density at radius 1 is 0.897 bits per heavy atom. The molecule has 0 saturated carbocycles. The van der Waals surface area contributed by atoms with Crippen molar-refractivity contribution in [2.75, 3.05) is 16.4 Å². The summed E-state index contributed by atoms with van der Waals surface area (Å²) >= 11 is 10.7. The molecule has 4 nitrogen and oxygen atoms in total. The highest BCUT2D eigenvalue weighted by Crippen LogP contribution is 2.24. The van der Waals surface area contributed by atoms with Crippen LogP contribution < -0.4 is 10.6 Å². The number of hydrogen-bond acceptors (Lipinski definition) is 3. The van der Waals surface area contributed by atoms with Gasteiger partial charge in [0.05, 0.1) is 17.9 Å². The number of nitrogens with one attached hydrogen (secondary N) is 2. The van der Waals surface area contributed by atoms with Crippen molar-refractivity contribution in [2.45, 2.75) is 11.3 Å². The maximum Gasteiger partial charge on any atom is 0.234 e. The van der Waals surface area contributed by atoms with Gasteiger partial charge in [-0.2, -0.15) is 0 Å². The molecule has 0 bridgehead atoms. The molecular formula is C22H18BrClN2O2S. The molecule has 3 aromatic rings. The van der Waals surface area contributed by atoms with Crippen molar-refractivity contribution in [1.82, 2.24) is 0 Å². The quantitative estimate of drug-likeness (QED) is 0.399. The van der Waals surface area contributed by atoms with Gasteiger partial charge in [0.25, 0.3) is 0 Å². The van der Waals surface area contributed by atoms with Gasteiger partial charge in [-0.25, -0.2) is 0 Å². The highest BCUT2D eigenvalue weighted by atomic mass is 79.9. The molecule has 3 rings (SSSR count). The van der Waals surface area contributed by atoms with Crippen LogP contribution in [0.2, 0.25) is 5.02 Å². The molecule has 3 aromatic carbocycles. The van der Waals surface area contributed by atoms with Crippen LogP contribution in [0.1, 0.15) is 5.56 Å². The molecule has 0 radical (unpaired) electrons. The molecule has 0 aliphatic rings. The van der Waals surface area contributed by atoms with E-state index in [4.69, 9.17) is 11.6 Å². The van der Waals surface area contributed by atoms with E-state index in [-0.39, 0.29) is 24.0 Å². The number of carbonyl (C=O) groups is 2. The first-order valence-electron chi connectivity index (χ1n) is 8.81. The van der Waals surface area contributed by atoms with Crippen molar-refractivity contribution in [3.8, 4) is 0 Å². The summed E-state index contributed by atoms with van der Waals surface area (Å²) in [6.07, 6.45) is 0.267. The van der Waals surface area contributed by atoms with Crippen LogP contribution in [0.25, 0.3) is 0 Å². The van der Waals surface area contributed by atoms with E-state index in [1.54, 1.807) is 12.1 Å². The first-order valence-corrected chi connectivity index (χ1v) is 11.0. The molecule has 0 saturated heterocycles. The van der Waals surface area contributed by atoms with E-state index in [1.165, 1.54) is 11.8 Å². The lowest BCUT2D eigenvalue weighted by Crippen LogP contribution is -2.15. The van der Waals surface area contributed by atoms with E-state index in [9.17, 15) is 9.59 Å². The zero-order chi connectivity index (χ0) is 20.6. The molecule has 2 N–H and O–H groups in total. The zero-order valence-corrected chi connectivity index (χ0v) is 18.5. The van der Waals surface area contributed by atoms with Gasteiger partial charge in [0.2, 0.25) is 11.8 Å². The Balaban J connectivity index is 1.52. The fraction of sp³-hybridized carbons (Fsp3) is 0.0909. The van der Waals surface area contributed by atoms with Crippen LogP contribution in [0.5, 0.6) is 0 Å². The van der Waals surface area contributed by atoms with Crippen LogP contribution in [-0.2, 0) is 16.0 Å². The molecule has 0 spiro atoms. The van der Waals surface area contributed by atoms with Crippen LogP contribution in [0.3, 0.4) is 0 Å². The number of rotatable bonds is 7. The third-order valence-electron chi connectivity index (χ3n) is 3.91.